The van der Waals surface area contributed by atoms with Crippen molar-refractivity contribution in [2.24, 2.45) is 0 Å². The maximum atomic E-state index is 13.0. The summed E-state index contributed by atoms with van der Waals surface area (Å²) in [7, 11) is -2.14. The molecule has 2 aromatic rings. The number of methoxy groups -OCH3 is 1. The van der Waals surface area contributed by atoms with Crippen LogP contribution in [0.15, 0.2) is 53.4 Å². The van der Waals surface area contributed by atoms with E-state index in [9.17, 15) is 13.2 Å². The topological polar surface area (TPSA) is 84.5 Å². The molecule has 2 N–H and O–H groups in total. The normalized spacial score (nSPS) is 16.7. The second-order valence-corrected chi connectivity index (χ2v) is 9.55. The Labute approximate surface area is 176 Å². The van der Waals surface area contributed by atoms with Gasteiger partial charge in [0.05, 0.1) is 16.9 Å². The lowest BCUT2D eigenvalue weighted by Crippen LogP contribution is -2.46. The largest absolute Gasteiger partial charge is 0.383 e. The molecule has 1 aliphatic carbocycles. The lowest BCUT2D eigenvalue weighted by Gasteiger charge is -2.40. The summed E-state index contributed by atoms with van der Waals surface area (Å²) in [6.45, 7) is 2.00. The highest BCUT2D eigenvalue weighted by Gasteiger charge is 2.45. The van der Waals surface area contributed by atoms with Crippen LogP contribution in [0.5, 0.6) is 0 Å². The van der Waals surface area contributed by atoms with Crippen molar-refractivity contribution in [3.8, 4) is 0 Å². The molecular weight excluding hydrogens is 412 g/mol. The molecule has 0 saturated heterocycles. The Kier molecular flexibility index (Phi) is 6.63. The molecule has 0 heterocycles. The van der Waals surface area contributed by atoms with Crippen LogP contribution < -0.4 is 10.0 Å². The van der Waals surface area contributed by atoms with Gasteiger partial charge in [-0.25, -0.2) is 13.1 Å². The van der Waals surface area contributed by atoms with Crippen LogP contribution >= 0.6 is 11.6 Å². The third kappa shape index (κ3) is 4.80. The number of hydrogen-bond donors (Lipinski definition) is 2. The van der Waals surface area contributed by atoms with E-state index in [0.29, 0.717) is 10.7 Å². The molecule has 0 aromatic heterocycles. The molecule has 1 unspecified atom stereocenters. The first-order valence-corrected chi connectivity index (χ1v) is 11.3. The van der Waals surface area contributed by atoms with Gasteiger partial charge in [0.2, 0.25) is 15.9 Å². The number of anilines is 1. The Morgan fingerprint density at radius 2 is 1.76 bits per heavy atom. The lowest BCUT2D eigenvalue weighted by atomic mass is 9.64. The summed E-state index contributed by atoms with van der Waals surface area (Å²) in [6, 6.07) is 13.2. The molecule has 1 amide bonds. The van der Waals surface area contributed by atoms with Crippen LogP contribution in [-0.2, 0) is 25.0 Å². The molecule has 2 aromatic carbocycles. The average molecular weight is 437 g/mol. The number of ether oxygens (including phenoxy) is 1. The molecule has 1 atom stereocenters. The number of hydrogen-bond acceptors (Lipinski definition) is 4. The number of carbonyl (C=O) groups excluding carboxylic acids is 1. The van der Waals surface area contributed by atoms with E-state index in [1.54, 1.807) is 31.2 Å². The van der Waals surface area contributed by atoms with Gasteiger partial charge in [0.1, 0.15) is 0 Å². The van der Waals surface area contributed by atoms with Crippen LogP contribution in [-0.4, -0.2) is 34.1 Å². The van der Waals surface area contributed by atoms with Crippen LogP contribution in [0.1, 0.15) is 31.7 Å². The number of halogens is 1. The molecule has 0 spiro atoms. The van der Waals surface area contributed by atoms with E-state index in [4.69, 9.17) is 16.3 Å². The van der Waals surface area contributed by atoms with Crippen molar-refractivity contribution in [1.82, 2.24) is 4.72 Å². The van der Waals surface area contributed by atoms with Crippen LogP contribution in [0.25, 0.3) is 0 Å². The van der Waals surface area contributed by atoms with Crippen molar-refractivity contribution < 1.29 is 17.9 Å². The Morgan fingerprint density at radius 1 is 1.14 bits per heavy atom. The molecule has 3 rings (SSSR count). The molecule has 1 aliphatic rings. The zero-order valence-corrected chi connectivity index (χ0v) is 18.0. The van der Waals surface area contributed by atoms with E-state index in [0.717, 1.165) is 24.8 Å². The summed E-state index contributed by atoms with van der Waals surface area (Å²) < 4.78 is 32.3. The van der Waals surface area contributed by atoms with E-state index < -0.39 is 15.4 Å². The van der Waals surface area contributed by atoms with E-state index in [1.165, 1.54) is 19.2 Å². The van der Waals surface area contributed by atoms with Gasteiger partial charge in [0.25, 0.3) is 0 Å². The van der Waals surface area contributed by atoms with Crippen molar-refractivity contribution >= 4 is 33.2 Å². The van der Waals surface area contributed by atoms with Gasteiger partial charge in [-0.15, -0.1) is 0 Å². The maximum Gasteiger partial charge on any atom is 0.240 e. The summed E-state index contributed by atoms with van der Waals surface area (Å²) in [6.07, 6.45) is 2.53. The molecule has 8 heteroatoms. The minimum absolute atomic E-state index is 0.0893. The van der Waals surface area contributed by atoms with E-state index in [1.807, 2.05) is 12.1 Å². The van der Waals surface area contributed by atoms with Crippen molar-refractivity contribution in [3.63, 3.8) is 0 Å². The van der Waals surface area contributed by atoms with Gasteiger partial charge in [-0.1, -0.05) is 30.2 Å². The predicted octanol–water partition coefficient (Wildman–Crippen LogP) is 3.71. The first-order chi connectivity index (χ1) is 13.8. The zero-order valence-electron chi connectivity index (χ0n) is 16.4. The van der Waals surface area contributed by atoms with Crippen LogP contribution in [0.2, 0.25) is 5.02 Å². The predicted molar refractivity (Wildman–Crippen MR) is 114 cm³/mol. The quantitative estimate of drug-likeness (QED) is 0.660. The highest BCUT2D eigenvalue weighted by Crippen LogP contribution is 2.44. The monoisotopic (exact) mass is 436 g/mol. The fraction of sp³-hybridized carbons (Fsp3) is 0.381. The van der Waals surface area contributed by atoms with Crippen LogP contribution in [0.3, 0.4) is 0 Å². The van der Waals surface area contributed by atoms with E-state index in [-0.39, 0.29) is 23.5 Å². The highest BCUT2D eigenvalue weighted by atomic mass is 35.5. The highest BCUT2D eigenvalue weighted by molar-refractivity contribution is 7.89. The Bertz CT molecular complexity index is 955. The molecule has 6 nitrogen and oxygen atoms in total. The zero-order chi connectivity index (χ0) is 21.1. The Balaban J connectivity index is 1.72. The summed E-state index contributed by atoms with van der Waals surface area (Å²) in [5, 5.41) is 3.56. The summed E-state index contributed by atoms with van der Waals surface area (Å²) in [4.78, 5) is 13.1. The smallest absolute Gasteiger partial charge is 0.240 e. The fourth-order valence-electron chi connectivity index (χ4n) is 3.53. The van der Waals surface area contributed by atoms with Crippen molar-refractivity contribution in [2.45, 2.75) is 42.5 Å². The van der Waals surface area contributed by atoms with Gasteiger partial charge in [-0.05, 0) is 61.7 Å². The molecule has 29 heavy (non-hydrogen) atoms. The van der Waals surface area contributed by atoms with Gasteiger partial charge in [0, 0.05) is 23.9 Å². The minimum atomic E-state index is -3.65. The molecule has 1 fully saturated rings. The van der Waals surface area contributed by atoms with Gasteiger partial charge in [-0.2, -0.15) is 0 Å². The molecule has 0 bridgehead atoms. The SMILES string of the molecule is COCC(C)NS(=O)(=O)c1ccc(NC(=O)C2(c3ccc(Cl)cc3)CCC2)cc1. The van der Waals surface area contributed by atoms with Gasteiger partial charge in [0.15, 0.2) is 0 Å². The maximum absolute atomic E-state index is 13.0. The van der Waals surface area contributed by atoms with Crippen molar-refractivity contribution in [3.05, 3.63) is 59.1 Å². The van der Waals surface area contributed by atoms with Gasteiger partial charge >= 0.3 is 0 Å². The molecule has 1 saturated carbocycles. The fourth-order valence-corrected chi connectivity index (χ4v) is 4.89. The number of carbonyl (C=O) groups is 1. The summed E-state index contributed by atoms with van der Waals surface area (Å²) >= 11 is 5.97. The number of nitrogens with one attached hydrogen (secondary N) is 2. The van der Waals surface area contributed by atoms with Crippen LogP contribution in [0.4, 0.5) is 5.69 Å². The molecule has 0 aliphatic heterocycles. The van der Waals surface area contributed by atoms with Crippen molar-refractivity contribution in [1.29, 1.82) is 0 Å². The molecule has 0 radical (unpaired) electrons. The first kappa shape index (κ1) is 21.8. The standard InChI is InChI=1S/C21H25ClN2O4S/c1-15(14-28-2)24-29(26,27)19-10-8-18(9-11-19)23-20(25)21(12-3-13-21)16-4-6-17(22)7-5-16/h4-11,15,24H,3,12-14H2,1-2H3,(H,23,25). The third-order valence-electron chi connectivity index (χ3n) is 5.23. The third-order valence-corrected chi connectivity index (χ3v) is 7.09. The summed E-state index contributed by atoms with van der Waals surface area (Å²) in [5.41, 5.74) is 0.937. The number of amides is 1. The number of sulfonamides is 1. The second kappa shape index (κ2) is 8.83. The number of benzene rings is 2. The lowest BCUT2D eigenvalue weighted by molar-refractivity contribution is -0.124. The average Bonchev–Trinajstić information content (AvgIpc) is 2.62. The second-order valence-electron chi connectivity index (χ2n) is 7.40. The van der Waals surface area contributed by atoms with E-state index >= 15 is 0 Å². The van der Waals surface area contributed by atoms with Gasteiger partial charge < -0.3 is 10.1 Å². The van der Waals surface area contributed by atoms with E-state index in [2.05, 4.69) is 10.0 Å². The first-order valence-electron chi connectivity index (χ1n) is 9.46. The summed E-state index contributed by atoms with van der Waals surface area (Å²) in [5.74, 6) is -0.0893. The molecular formula is C21H25ClN2O4S. The van der Waals surface area contributed by atoms with Crippen LogP contribution in [0, 0.1) is 0 Å². The number of rotatable bonds is 8. The Morgan fingerprint density at radius 3 is 2.28 bits per heavy atom. The van der Waals surface area contributed by atoms with Gasteiger partial charge in [-0.3, -0.25) is 4.79 Å². The minimum Gasteiger partial charge on any atom is -0.383 e. The molecule has 156 valence electrons. The Hall–Kier alpha value is -1.93. The van der Waals surface area contributed by atoms with Crippen molar-refractivity contribution in [2.75, 3.05) is 19.0 Å².